The fourth-order valence-corrected chi connectivity index (χ4v) is 4.52. The fourth-order valence-electron chi connectivity index (χ4n) is 3.94. The Hall–Kier alpha value is -3.62. The zero-order chi connectivity index (χ0) is 23.0. The van der Waals surface area contributed by atoms with E-state index in [1.807, 2.05) is 41.8 Å². The molecule has 2 aromatic carbocycles. The topological polar surface area (TPSA) is 110 Å². The van der Waals surface area contributed by atoms with Crippen LogP contribution in [0.2, 0.25) is 0 Å². The molecule has 0 bridgehead atoms. The Kier molecular flexibility index (Phi) is 7.39. The Balaban J connectivity index is 1.60. The van der Waals surface area contributed by atoms with Crippen LogP contribution >= 0.6 is 11.3 Å². The van der Waals surface area contributed by atoms with E-state index in [9.17, 15) is 9.59 Å². The van der Waals surface area contributed by atoms with E-state index >= 15 is 0 Å². The van der Waals surface area contributed by atoms with Gasteiger partial charge in [0.15, 0.2) is 0 Å². The first-order valence-electron chi connectivity index (χ1n) is 10.7. The normalized spacial score (nSPS) is 12.8. The summed E-state index contributed by atoms with van der Waals surface area (Å²) in [5, 5.41) is 7.00. The van der Waals surface area contributed by atoms with Gasteiger partial charge in [0, 0.05) is 30.1 Å². The number of benzene rings is 2. The molecular weight excluding hydrogens is 434 g/mol. The maximum Gasteiger partial charge on any atom is 0.256 e. The Morgan fingerprint density at radius 1 is 0.970 bits per heavy atom. The first-order valence-corrected chi connectivity index (χ1v) is 11.6. The molecule has 8 heteroatoms. The molecule has 2 amide bonds. The minimum Gasteiger partial charge on any atom is -0.344 e. The van der Waals surface area contributed by atoms with Gasteiger partial charge in [-0.15, -0.1) is 11.3 Å². The molecule has 33 heavy (non-hydrogen) atoms. The van der Waals surface area contributed by atoms with Gasteiger partial charge < -0.3 is 5.32 Å². The number of carbonyl (C=O) groups is 2. The third kappa shape index (κ3) is 5.79. The second-order valence-electron chi connectivity index (χ2n) is 7.86. The Labute approximate surface area is 196 Å². The standard InChI is InChI=1S/C25H25N5O2S/c26-30-25(32)23(13-21-15-33-16-28-21)29-24(31)20(11-17-5-4-10-27-14-17)12-19-8-3-7-18-6-1-2-9-22(18)19/h1-10,14-16,20,23H,11-13,26H2,(H,29,31)(H,30,32). The highest BCUT2D eigenvalue weighted by molar-refractivity contribution is 7.07. The molecule has 4 N–H and O–H groups in total. The highest BCUT2D eigenvalue weighted by Gasteiger charge is 2.27. The molecule has 0 radical (unpaired) electrons. The molecule has 2 unspecified atom stereocenters. The zero-order valence-corrected chi connectivity index (χ0v) is 18.8. The summed E-state index contributed by atoms with van der Waals surface area (Å²) in [5.74, 6) is 4.32. The summed E-state index contributed by atoms with van der Waals surface area (Å²) in [5.41, 5.74) is 6.62. The van der Waals surface area contributed by atoms with Crippen molar-refractivity contribution in [3.05, 3.63) is 94.7 Å². The summed E-state index contributed by atoms with van der Waals surface area (Å²) in [4.78, 5) is 34.3. The van der Waals surface area contributed by atoms with E-state index < -0.39 is 17.9 Å². The Morgan fingerprint density at radius 3 is 2.58 bits per heavy atom. The highest BCUT2D eigenvalue weighted by atomic mass is 32.1. The van der Waals surface area contributed by atoms with Crippen LogP contribution < -0.4 is 16.6 Å². The molecule has 0 saturated carbocycles. The summed E-state index contributed by atoms with van der Waals surface area (Å²) < 4.78 is 0. The van der Waals surface area contributed by atoms with Crippen molar-refractivity contribution >= 4 is 33.9 Å². The molecule has 0 aliphatic rings. The number of hydrazine groups is 1. The molecule has 0 saturated heterocycles. The monoisotopic (exact) mass is 459 g/mol. The third-order valence-electron chi connectivity index (χ3n) is 5.59. The number of nitrogens with zero attached hydrogens (tertiary/aromatic N) is 2. The lowest BCUT2D eigenvalue weighted by atomic mass is 9.89. The number of nitrogens with one attached hydrogen (secondary N) is 2. The molecule has 2 aromatic heterocycles. The molecule has 2 heterocycles. The van der Waals surface area contributed by atoms with Gasteiger partial charge in [-0.1, -0.05) is 48.5 Å². The van der Waals surface area contributed by atoms with E-state index in [2.05, 4.69) is 38.9 Å². The molecule has 4 aromatic rings. The number of hydrogen-bond donors (Lipinski definition) is 3. The third-order valence-corrected chi connectivity index (χ3v) is 6.23. The lowest BCUT2D eigenvalue weighted by molar-refractivity contribution is -0.131. The molecule has 0 spiro atoms. The van der Waals surface area contributed by atoms with Crippen LogP contribution in [-0.4, -0.2) is 27.8 Å². The van der Waals surface area contributed by atoms with E-state index in [1.54, 1.807) is 17.9 Å². The zero-order valence-electron chi connectivity index (χ0n) is 18.0. The van der Waals surface area contributed by atoms with Crippen LogP contribution in [0.15, 0.2) is 77.9 Å². The molecule has 2 atom stereocenters. The molecule has 0 aliphatic heterocycles. The van der Waals surface area contributed by atoms with E-state index in [1.165, 1.54) is 11.3 Å². The maximum atomic E-state index is 13.5. The van der Waals surface area contributed by atoms with Gasteiger partial charge in [-0.05, 0) is 40.8 Å². The highest BCUT2D eigenvalue weighted by Crippen LogP contribution is 2.23. The first kappa shape index (κ1) is 22.6. The van der Waals surface area contributed by atoms with Crippen LogP contribution in [0.25, 0.3) is 10.8 Å². The van der Waals surface area contributed by atoms with Crippen molar-refractivity contribution in [3.63, 3.8) is 0 Å². The van der Waals surface area contributed by atoms with Gasteiger partial charge in [-0.25, -0.2) is 10.8 Å². The van der Waals surface area contributed by atoms with Crippen molar-refractivity contribution in [1.82, 2.24) is 20.7 Å². The molecule has 168 valence electrons. The van der Waals surface area contributed by atoms with Crippen molar-refractivity contribution in [2.45, 2.75) is 25.3 Å². The van der Waals surface area contributed by atoms with E-state index in [4.69, 9.17) is 5.84 Å². The quantitative estimate of drug-likeness (QED) is 0.203. The SMILES string of the molecule is NNC(=O)C(Cc1cscn1)NC(=O)C(Cc1cccnc1)Cc1cccc2ccccc12. The van der Waals surface area contributed by atoms with Crippen molar-refractivity contribution < 1.29 is 9.59 Å². The molecule has 0 aliphatic carbocycles. The Morgan fingerprint density at radius 2 is 1.82 bits per heavy atom. The summed E-state index contributed by atoms with van der Waals surface area (Å²) in [6.07, 6.45) is 4.76. The number of hydrogen-bond acceptors (Lipinski definition) is 6. The number of carbonyl (C=O) groups excluding carboxylic acids is 2. The van der Waals surface area contributed by atoms with E-state index in [-0.39, 0.29) is 12.3 Å². The van der Waals surface area contributed by atoms with Crippen molar-refractivity contribution in [1.29, 1.82) is 0 Å². The number of nitrogens with two attached hydrogens (primary N) is 1. The number of aromatic nitrogens is 2. The average molecular weight is 460 g/mol. The van der Waals surface area contributed by atoms with Gasteiger partial charge in [0.1, 0.15) is 6.04 Å². The van der Waals surface area contributed by atoms with Gasteiger partial charge in [-0.3, -0.25) is 20.0 Å². The van der Waals surface area contributed by atoms with Gasteiger partial charge in [0.25, 0.3) is 5.91 Å². The summed E-state index contributed by atoms with van der Waals surface area (Å²) in [7, 11) is 0. The van der Waals surface area contributed by atoms with Crippen molar-refractivity contribution in [2.75, 3.05) is 0 Å². The van der Waals surface area contributed by atoms with Gasteiger partial charge in [0.05, 0.1) is 11.2 Å². The van der Waals surface area contributed by atoms with Crippen LogP contribution in [0.5, 0.6) is 0 Å². The number of thiazole rings is 1. The van der Waals surface area contributed by atoms with E-state index in [0.29, 0.717) is 12.8 Å². The van der Waals surface area contributed by atoms with E-state index in [0.717, 1.165) is 27.6 Å². The van der Waals surface area contributed by atoms with Crippen LogP contribution in [0.1, 0.15) is 16.8 Å². The van der Waals surface area contributed by atoms with Gasteiger partial charge in [-0.2, -0.15) is 0 Å². The second-order valence-corrected chi connectivity index (χ2v) is 8.58. The van der Waals surface area contributed by atoms with Gasteiger partial charge >= 0.3 is 0 Å². The summed E-state index contributed by atoms with van der Waals surface area (Å²) in [6.45, 7) is 0. The summed E-state index contributed by atoms with van der Waals surface area (Å²) in [6, 6.07) is 17.2. The lowest BCUT2D eigenvalue weighted by Gasteiger charge is -2.22. The second kappa shape index (κ2) is 10.8. The largest absolute Gasteiger partial charge is 0.344 e. The smallest absolute Gasteiger partial charge is 0.256 e. The number of fused-ring (bicyclic) bond motifs is 1. The number of rotatable bonds is 9. The maximum absolute atomic E-state index is 13.5. The van der Waals surface area contributed by atoms with Crippen LogP contribution in [0.4, 0.5) is 0 Å². The predicted octanol–water partition coefficient (Wildman–Crippen LogP) is 2.81. The van der Waals surface area contributed by atoms with Crippen molar-refractivity contribution in [3.8, 4) is 0 Å². The van der Waals surface area contributed by atoms with Crippen molar-refractivity contribution in [2.24, 2.45) is 11.8 Å². The molecular formula is C25H25N5O2S. The van der Waals surface area contributed by atoms with Gasteiger partial charge in [0.2, 0.25) is 5.91 Å². The molecule has 4 rings (SSSR count). The minimum atomic E-state index is -0.812. The van der Waals surface area contributed by atoms with Crippen LogP contribution in [0, 0.1) is 5.92 Å². The average Bonchev–Trinajstić information content (AvgIpc) is 3.36. The number of pyridine rings is 1. The molecule has 7 nitrogen and oxygen atoms in total. The number of amides is 2. The fraction of sp³-hybridized carbons (Fsp3) is 0.200. The molecule has 0 fully saturated rings. The van der Waals surface area contributed by atoms with Crippen LogP contribution in [-0.2, 0) is 28.9 Å². The van der Waals surface area contributed by atoms with Crippen LogP contribution in [0.3, 0.4) is 0 Å². The Bertz CT molecular complexity index is 1210. The summed E-state index contributed by atoms with van der Waals surface area (Å²) >= 11 is 1.44. The minimum absolute atomic E-state index is 0.212. The predicted molar refractivity (Wildman–Crippen MR) is 129 cm³/mol. The first-order chi connectivity index (χ1) is 16.1. The lowest BCUT2D eigenvalue weighted by Crippen LogP contribution is -2.51.